The summed E-state index contributed by atoms with van der Waals surface area (Å²) >= 11 is 0. The first-order valence-electron chi connectivity index (χ1n) is 12.0. The van der Waals surface area contributed by atoms with Crippen LogP contribution in [0.25, 0.3) is 22.2 Å². The number of hydrogen-bond donors (Lipinski definition) is 1. The van der Waals surface area contributed by atoms with Gasteiger partial charge in [-0.15, -0.1) is 0 Å². The fourth-order valence-electron chi connectivity index (χ4n) is 4.45. The molecule has 0 fully saturated rings. The van der Waals surface area contributed by atoms with E-state index >= 15 is 0 Å². The molecule has 5 aromatic rings. The number of carbonyl (C=O) groups is 1. The summed E-state index contributed by atoms with van der Waals surface area (Å²) in [5.74, 6) is 0.850. The van der Waals surface area contributed by atoms with E-state index in [1.54, 1.807) is 0 Å². The van der Waals surface area contributed by atoms with Crippen LogP contribution in [-0.2, 0) is 24.3 Å². The van der Waals surface area contributed by atoms with Crippen molar-refractivity contribution in [3.05, 3.63) is 125 Å². The van der Waals surface area contributed by atoms with E-state index < -0.39 is 0 Å². The Morgan fingerprint density at radius 1 is 0.829 bits per heavy atom. The molecule has 4 nitrogen and oxygen atoms in total. The molecule has 0 saturated heterocycles. The van der Waals surface area contributed by atoms with Crippen molar-refractivity contribution in [1.29, 1.82) is 0 Å². The molecule has 0 radical (unpaired) electrons. The number of benzene rings is 4. The number of aryl methyl sites for hydroxylation is 2. The average Bonchev–Trinajstić information content (AvgIpc) is 3.23. The van der Waals surface area contributed by atoms with Gasteiger partial charge in [0.2, 0.25) is 5.91 Å². The van der Waals surface area contributed by atoms with Crippen molar-refractivity contribution in [2.75, 3.05) is 0 Å². The molecule has 1 heterocycles. The number of fused-ring (bicyclic) bond motifs is 1. The standard InChI is InChI=1S/C31H29N3O/c1-22-12-13-23(2)27(18-22)21-34-29-11-7-6-10-28(29)33-30(34)20-32-31(35)19-24-14-16-26(17-15-24)25-8-4-3-5-9-25/h3-18H,19-21H2,1-2H3,(H,32,35). The predicted octanol–water partition coefficient (Wildman–Crippen LogP) is 6.23. The normalized spacial score (nSPS) is 11.0. The lowest BCUT2D eigenvalue weighted by Gasteiger charge is -2.13. The molecule has 0 aliphatic heterocycles. The van der Waals surface area contributed by atoms with Crippen molar-refractivity contribution in [3.8, 4) is 11.1 Å². The molecule has 174 valence electrons. The van der Waals surface area contributed by atoms with Crippen molar-refractivity contribution in [2.45, 2.75) is 33.4 Å². The summed E-state index contributed by atoms with van der Waals surface area (Å²) in [6.07, 6.45) is 0.340. The first-order chi connectivity index (χ1) is 17.1. The van der Waals surface area contributed by atoms with Crippen LogP contribution >= 0.6 is 0 Å². The van der Waals surface area contributed by atoms with E-state index in [1.165, 1.54) is 22.3 Å². The number of nitrogens with one attached hydrogen (secondary N) is 1. The van der Waals surface area contributed by atoms with Crippen molar-refractivity contribution < 1.29 is 4.79 Å². The Kier molecular flexibility index (Phi) is 6.44. The van der Waals surface area contributed by atoms with E-state index in [-0.39, 0.29) is 5.91 Å². The van der Waals surface area contributed by atoms with Gasteiger partial charge in [-0.05, 0) is 53.8 Å². The summed E-state index contributed by atoms with van der Waals surface area (Å²) < 4.78 is 2.21. The highest BCUT2D eigenvalue weighted by atomic mass is 16.1. The molecule has 0 bridgehead atoms. The van der Waals surface area contributed by atoms with Gasteiger partial charge >= 0.3 is 0 Å². The van der Waals surface area contributed by atoms with Gasteiger partial charge in [-0.3, -0.25) is 4.79 Å². The minimum absolute atomic E-state index is 0.0113. The molecule has 0 saturated carbocycles. The van der Waals surface area contributed by atoms with Crippen LogP contribution in [0.5, 0.6) is 0 Å². The summed E-state index contributed by atoms with van der Waals surface area (Å²) in [6.45, 7) is 5.36. The van der Waals surface area contributed by atoms with Crippen LogP contribution in [-0.4, -0.2) is 15.5 Å². The molecule has 4 aromatic carbocycles. The predicted molar refractivity (Wildman–Crippen MR) is 142 cm³/mol. The summed E-state index contributed by atoms with van der Waals surface area (Å²) in [6, 6.07) is 33.1. The van der Waals surface area contributed by atoms with Gasteiger partial charge in [0.1, 0.15) is 5.82 Å². The zero-order valence-electron chi connectivity index (χ0n) is 20.2. The third kappa shape index (κ3) is 5.17. The molecular formula is C31H29N3O. The fraction of sp³-hybridized carbons (Fsp3) is 0.161. The third-order valence-electron chi connectivity index (χ3n) is 6.44. The second-order valence-corrected chi connectivity index (χ2v) is 9.05. The van der Waals surface area contributed by atoms with Crippen LogP contribution in [0.4, 0.5) is 0 Å². The minimum Gasteiger partial charge on any atom is -0.349 e. The maximum Gasteiger partial charge on any atom is 0.224 e. The minimum atomic E-state index is -0.0113. The van der Waals surface area contributed by atoms with Gasteiger partial charge in [-0.25, -0.2) is 4.98 Å². The summed E-state index contributed by atoms with van der Waals surface area (Å²) in [5, 5.41) is 3.08. The highest BCUT2D eigenvalue weighted by molar-refractivity contribution is 5.79. The molecule has 0 atom stereocenters. The Morgan fingerprint density at radius 2 is 1.54 bits per heavy atom. The van der Waals surface area contributed by atoms with Crippen molar-refractivity contribution in [2.24, 2.45) is 0 Å². The Bertz CT molecular complexity index is 1470. The van der Waals surface area contributed by atoms with Gasteiger partial charge in [-0.2, -0.15) is 0 Å². The molecule has 4 heteroatoms. The largest absolute Gasteiger partial charge is 0.349 e. The Balaban J connectivity index is 1.30. The van der Waals surface area contributed by atoms with Crippen LogP contribution in [0.15, 0.2) is 97.1 Å². The molecule has 5 rings (SSSR count). The number of hydrogen-bond acceptors (Lipinski definition) is 2. The van der Waals surface area contributed by atoms with Gasteiger partial charge in [0.25, 0.3) is 0 Å². The summed E-state index contributed by atoms with van der Waals surface area (Å²) in [5.41, 5.74) is 9.09. The number of rotatable bonds is 7. The third-order valence-corrected chi connectivity index (χ3v) is 6.44. The number of carbonyl (C=O) groups excluding carboxylic acids is 1. The number of para-hydroxylation sites is 2. The molecule has 0 unspecified atom stereocenters. The highest BCUT2D eigenvalue weighted by Gasteiger charge is 2.13. The fourth-order valence-corrected chi connectivity index (χ4v) is 4.45. The van der Waals surface area contributed by atoms with Crippen LogP contribution in [0.1, 0.15) is 28.1 Å². The van der Waals surface area contributed by atoms with Gasteiger partial charge in [0, 0.05) is 6.54 Å². The molecular weight excluding hydrogens is 430 g/mol. The maximum atomic E-state index is 12.8. The number of amides is 1. The molecule has 1 amide bonds. The second-order valence-electron chi connectivity index (χ2n) is 9.05. The Hall–Kier alpha value is -4.18. The van der Waals surface area contributed by atoms with E-state index in [9.17, 15) is 4.79 Å². The van der Waals surface area contributed by atoms with Gasteiger partial charge in [-0.1, -0.05) is 90.5 Å². The molecule has 1 N–H and O–H groups in total. The van der Waals surface area contributed by atoms with Gasteiger partial charge in [0.05, 0.1) is 24.0 Å². The molecule has 0 aliphatic rings. The van der Waals surface area contributed by atoms with Crippen LogP contribution in [0.3, 0.4) is 0 Å². The second kappa shape index (κ2) is 9.98. The lowest BCUT2D eigenvalue weighted by molar-refractivity contribution is -0.120. The number of imidazole rings is 1. The highest BCUT2D eigenvalue weighted by Crippen LogP contribution is 2.21. The van der Waals surface area contributed by atoms with Crippen molar-refractivity contribution >= 4 is 16.9 Å². The maximum absolute atomic E-state index is 12.8. The average molecular weight is 460 g/mol. The van der Waals surface area contributed by atoms with Crippen molar-refractivity contribution in [1.82, 2.24) is 14.9 Å². The lowest BCUT2D eigenvalue weighted by atomic mass is 10.0. The number of aromatic nitrogens is 2. The van der Waals surface area contributed by atoms with Crippen LogP contribution in [0.2, 0.25) is 0 Å². The van der Waals surface area contributed by atoms with E-state index in [4.69, 9.17) is 4.98 Å². The first kappa shape index (κ1) is 22.6. The lowest BCUT2D eigenvalue weighted by Crippen LogP contribution is -2.26. The summed E-state index contributed by atoms with van der Waals surface area (Å²) in [4.78, 5) is 17.6. The van der Waals surface area contributed by atoms with E-state index in [0.29, 0.717) is 13.0 Å². The smallest absolute Gasteiger partial charge is 0.224 e. The topological polar surface area (TPSA) is 46.9 Å². The molecule has 0 aliphatic carbocycles. The van der Waals surface area contributed by atoms with E-state index in [0.717, 1.165) is 34.5 Å². The quantitative estimate of drug-likeness (QED) is 0.314. The summed E-state index contributed by atoms with van der Waals surface area (Å²) in [7, 11) is 0. The van der Waals surface area contributed by atoms with Gasteiger partial charge < -0.3 is 9.88 Å². The zero-order valence-corrected chi connectivity index (χ0v) is 20.2. The Labute approximate surface area is 206 Å². The molecule has 0 spiro atoms. The molecule has 35 heavy (non-hydrogen) atoms. The number of nitrogens with zero attached hydrogens (tertiary/aromatic N) is 2. The Morgan fingerprint density at radius 3 is 2.34 bits per heavy atom. The monoisotopic (exact) mass is 459 g/mol. The van der Waals surface area contributed by atoms with Crippen LogP contribution in [0, 0.1) is 13.8 Å². The first-order valence-corrected chi connectivity index (χ1v) is 12.0. The van der Waals surface area contributed by atoms with Crippen LogP contribution < -0.4 is 5.32 Å². The van der Waals surface area contributed by atoms with E-state index in [1.807, 2.05) is 48.5 Å². The SMILES string of the molecule is Cc1ccc(C)c(Cn2c(CNC(=O)Cc3ccc(-c4ccccc4)cc3)nc3ccccc32)c1. The van der Waals surface area contributed by atoms with E-state index in [2.05, 4.69) is 72.3 Å². The van der Waals surface area contributed by atoms with Gasteiger partial charge in [0.15, 0.2) is 0 Å². The molecule has 1 aromatic heterocycles. The zero-order chi connectivity index (χ0) is 24.2. The van der Waals surface area contributed by atoms with Crippen molar-refractivity contribution in [3.63, 3.8) is 0 Å².